The zero-order chi connectivity index (χ0) is 13.9. The van der Waals surface area contributed by atoms with Gasteiger partial charge in [0.2, 0.25) is 0 Å². The second-order valence-corrected chi connectivity index (χ2v) is 5.92. The lowest BCUT2D eigenvalue weighted by molar-refractivity contribution is 0.224. The van der Waals surface area contributed by atoms with E-state index in [1.807, 2.05) is 55.5 Å². The summed E-state index contributed by atoms with van der Waals surface area (Å²) in [6, 6.07) is 15.4. The molecule has 1 atom stereocenters. The Kier molecular flexibility index (Phi) is 4.50. The molecule has 0 aromatic heterocycles. The molecule has 0 saturated heterocycles. The lowest BCUT2D eigenvalue weighted by atomic mass is 9.92. The standard InChI is InChI=1S/C15H15BrClNO/c1-15(10-19,11-6-8-12(16)9-7-11)18-14-5-3-2-4-13(14)17/h2-9,18-19H,10H2,1H3. The Balaban J connectivity index is 2.33. The van der Waals surface area contributed by atoms with Crippen LogP contribution in [0.25, 0.3) is 0 Å². The van der Waals surface area contributed by atoms with Gasteiger partial charge in [-0.3, -0.25) is 0 Å². The molecule has 0 aliphatic heterocycles. The van der Waals surface area contributed by atoms with Crippen LogP contribution in [-0.2, 0) is 5.54 Å². The Bertz CT molecular complexity index is 558. The van der Waals surface area contributed by atoms with E-state index in [0.717, 1.165) is 15.7 Å². The van der Waals surface area contributed by atoms with E-state index >= 15 is 0 Å². The molecular weight excluding hydrogens is 326 g/mol. The minimum atomic E-state index is -0.578. The maximum Gasteiger partial charge on any atom is 0.0828 e. The summed E-state index contributed by atoms with van der Waals surface area (Å²) in [5, 5.41) is 13.7. The molecule has 0 aliphatic rings. The average Bonchev–Trinajstić information content (AvgIpc) is 2.42. The molecule has 2 N–H and O–H groups in total. The van der Waals surface area contributed by atoms with Crippen molar-refractivity contribution < 1.29 is 5.11 Å². The van der Waals surface area contributed by atoms with E-state index in [9.17, 15) is 5.11 Å². The quantitative estimate of drug-likeness (QED) is 0.863. The predicted octanol–water partition coefficient (Wildman–Crippen LogP) is 4.42. The highest BCUT2D eigenvalue weighted by molar-refractivity contribution is 9.10. The monoisotopic (exact) mass is 339 g/mol. The molecule has 0 fully saturated rings. The van der Waals surface area contributed by atoms with E-state index in [0.29, 0.717) is 5.02 Å². The molecule has 0 amide bonds. The number of aliphatic hydroxyl groups is 1. The summed E-state index contributed by atoms with van der Waals surface area (Å²) in [5.74, 6) is 0. The summed E-state index contributed by atoms with van der Waals surface area (Å²) in [6.07, 6.45) is 0. The number of halogens is 2. The highest BCUT2D eigenvalue weighted by Crippen LogP contribution is 2.30. The number of aliphatic hydroxyl groups excluding tert-OH is 1. The Morgan fingerprint density at radius 1 is 1.16 bits per heavy atom. The molecule has 0 spiro atoms. The van der Waals surface area contributed by atoms with Crippen molar-refractivity contribution in [1.29, 1.82) is 0 Å². The molecule has 2 aromatic carbocycles. The van der Waals surface area contributed by atoms with Crippen LogP contribution in [0.1, 0.15) is 12.5 Å². The van der Waals surface area contributed by atoms with E-state index in [1.165, 1.54) is 0 Å². The lowest BCUT2D eigenvalue weighted by Crippen LogP contribution is -2.35. The van der Waals surface area contributed by atoms with Gasteiger partial charge in [-0.05, 0) is 36.8 Å². The van der Waals surface area contributed by atoms with Crippen molar-refractivity contribution in [3.8, 4) is 0 Å². The minimum absolute atomic E-state index is 0.0279. The van der Waals surface area contributed by atoms with Crippen LogP contribution in [0.5, 0.6) is 0 Å². The predicted molar refractivity (Wildman–Crippen MR) is 83.7 cm³/mol. The van der Waals surface area contributed by atoms with Gasteiger partial charge in [0.1, 0.15) is 0 Å². The topological polar surface area (TPSA) is 32.3 Å². The van der Waals surface area contributed by atoms with E-state index in [-0.39, 0.29) is 6.61 Å². The second-order valence-electron chi connectivity index (χ2n) is 4.60. The van der Waals surface area contributed by atoms with E-state index in [1.54, 1.807) is 0 Å². The van der Waals surface area contributed by atoms with Crippen LogP contribution < -0.4 is 5.32 Å². The van der Waals surface area contributed by atoms with Crippen LogP contribution in [0.3, 0.4) is 0 Å². The number of hydrogen-bond acceptors (Lipinski definition) is 2. The van der Waals surface area contributed by atoms with Crippen LogP contribution in [0, 0.1) is 0 Å². The van der Waals surface area contributed by atoms with Crippen molar-refractivity contribution in [3.63, 3.8) is 0 Å². The Labute approximate surface area is 126 Å². The molecule has 19 heavy (non-hydrogen) atoms. The Hall–Kier alpha value is -1.03. The van der Waals surface area contributed by atoms with E-state index < -0.39 is 5.54 Å². The lowest BCUT2D eigenvalue weighted by Gasteiger charge is -2.31. The number of nitrogens with one attached hydrogen (secondary N) is 1. The SMILES string of the molecule is CC(CO)(Nc1ccccc1Cl)c1ccc(Br)cc1. The fourth-order valence-corrected chi connectivity index (χ4v) is 2.33. The first kappa shape index (κ1) is 14.4. The third kappa shape index (κ3) is 3.30. The van der Waals surface area contributed by atoms with Crippen molar-refractivity contribution >= 4 is 33.2 Å². The van der Waals surface area contributed by atoms with Gasteiger partial charge in [0, 0.05) is 4.47 Å². The van der Waals surface area contributed by atoms with Gasteiger partial charge >= 0.3 is 0 Å². The van der Waals surface area contributed by atoms with Gasteiger partial charge < -0.3 is 10.4 Å². The number of benzene rings is 2. The van der Waals surface area contributed by atoms with Gasteiger partial charge in [-0.1, -0.05) is 51.8 Å². The van der Waals surface area contributed by atoms with Crippen LogP contribution in [0.15, 0.2) is 53.0 Å². The molecule has 0 aliphatic carbocycles. The van der Waals surface area contributed by atoms with Crippen molar-refractivity contribution in [1.82, 2.24) is 0 Å². The number of hydrogen-bond donors (Lipinski definition) is 2. The van der Waals surface area contributed by atoms with Gasteiger partial charge in [-0.2, -0.15) is 0 Å². The Morgan fingerprint density at radius 2 is 1.79 bits per heavy atom. The molecular formula is C15H15BrClNO. The van der Waals surface area contributed by atoms with Gasteiger partial charge in [0.05, 0.1) is 22.9 Å². The molecule has 0 saturated carbocycles. The van der Waals surface area contributed by atoms with Crippen LogP contribution >= 0.6 is 27.5 Å². The molecule has 0 heterocycles. The van der Waals surface area contributed by atoms with Gasteiger partial charge in [-0.15, -0.1) is 0 Å². The first-order chi connectivity index (χ1) is 9.05. The zero-order valence-corrected chi connectivity index (χ0v) is 12.9. The van der Waals surface area contributed by atoms with Gasteiger partial charge in [0.15, 0.2) is 0 Å². The first-order valence-electron chi connectivity index (χ1n) is 5.95. The number of anilines is 1. The molecule has 2 rings (SSSR count). The highest BCUT2D eigenvalue weighted by atomic mass is 79.9. The van der Waals surface area contributed by atoms with Gasteiger partial charge in [-0.25, -0.2) is 0 Å². The molecule has 2 nitrogen and oxygen atoms in total. The molecule has 4 heteroatoms. The normalized spacial score (nSPS) is 13.9. The average molecular weight is 341 g/mol. The zero-order valence-electron chi connectivity index (χ0n) is 10.5. The summed E-state index contributed by atoms with van der Waals surface area (Å²) in [4.78, 5) is 0. The maximum atomic E-state index is 9.74. The summed E-state index contributed by atoms with van der Waals surface area (Å²) >= 11 is 9.56. The molecule has 100 valence electrons. The molecule has 2 aromatic rings. The van der Waals surface area contributed by atoms with Gasteiger partial charge in [0.25, 0.3) is 0 Å². The van der Waals surface area contributed by atoms with Crippen LogP contribution in [-0.4, -0.2) is 11.7 Å². The molecule has 0 radical (unpaired) electrons. The smallest absolute Gasteiger partial charge is 0.0828 e. The first-order valence-corrected chi connectivity index (χ1v) is 7.12. The van der Waals surface area contributed by atoms with Crippen LogP contribution in [0.2, 0.25) is 5.02 Å². The number of rotatable bonds is 4. The molecule has 0 bridgehead atoms. The van der Waals surface area contributed by atoms with Crippen molar-refractivity contribution in [2.45, 2.75) is 12.5 Å². The maximum absolute atomic E-state index is 9.74. The summed E-state index contributed by atoms with van der Waals surface area (Å²) < 4.78 is 1.01. The van der Waals surface area contributed by atoms with Crippen molar-refractivity contribution in [2.24, 2.45) is 0 Å². The van der Waals surface area contributed by atoms with Crippen LogP contribution in [0.4, 0.5) is 5.69 Å². The van der Waals surface area contributed by atoms with E-state index in [2.05, 4.69) is 21.2 Å². The number of para-hydroxylation sites is 1. The van der Waals surface area contributed by atoms with E-state index in [4.69, 9.17) is 11.6 Å². The minimum Gasteiger partial charge on any atom is -0.394 e. The highest BCUT2D eigenvalue weighted by Gasteiger charge is 2.26. The largest absolute Gasteiger partial charge is 0.394 e. The Morgan fingerprint density at radius 3 is 2.37 bits per heavy atom. The fourth-order valence-electron chi connectivity index (χ4n) is 1.88. The summed E-state index contributed by atoms with van der Waals surface area (Å²) in [6.45, 7) is 1.92. The summed E-state index contributed by atoms with van der Waals surface area (Å²) in [5.41, 5.74) is 1.23. The molecule has 1 unspecified atom stereocenters. The summed E-state index contributed by atoms with van der Waals surface area (Å²) in [7, 11) is 0. The second kappa shape index (κ2) is 5.95. The third-order valence-corrected chi connectivity index (χ3v) is 3.94. The fraction of sp³-hybridized carbons (Fsp3) is 0.200. The van der Waals surface area contributed by atoms with Crippen molar-refractivity contribution in [3.05, 3.63) is 63.6 Å². The third-order valence-electron chi connectivity index (χ3n) is 3.08. The van der Waals surface area contributed by atoms with Crippen molar-refractivity contribution in [2.75, 3.05) is 11.9 Å².